The van der Waals surface area contributed by atoms with Gasteiger partial charge in [0.2, 0.25) is 0 Å². The van der Waals surface area contributed by atoms with Crippen LogP contribution in [-0.4, -0.2) is 26.2 Å². The molecule has 1 aromatic carbocycles. The molecule has 4 nitrogen and oxygen atoms in total. The zero-order valence-corrected chi connectivity index (χ0v) is 13.5. The Hall–Kier alpha value is -1.71. The van der Waals surface area contributed by atoms with E-state index in [0.29, 0.717) is 16.7 Å². The van der Waals surface area contributed by atoms with Gasteiger partial charge in [0.05, 0.1) is 16.9 Å². The quantitative estimate of drug-likeness (QED) is 0.684. The van der Waals surface area contributed by atoms with Gasteiger partial charge >= 0.3 is 5.97 Å². The SMILES string of the molecule is CN(C)c1ccc(C(=O)OC2CCC(C)(C)CC2)cc1N. The highest BCUT2D eigenvalue weighted by atomic mass is 16.5. The van der Waals surface area contributed by atoms with Crippen molar-refractivity contribution in [3.8, 4) is 0 Å². The van der Waals surface area contributed by atoms with Gasteiger partial charge in [0, 0.05) is 14.1 Å². The second-order valence-electron chi connectivity index (χ2n) is 6.94. The number of benzene rings is 1. The summed E-state index contributed by atoms with van der Waals surface area (Å²) < 4.78 is 5.62. The molecule has 0 radical (unpaired) electrons. The molecule has 0 unspecified atom stereocenters. The number of hydrogen-bond donors (Lipinski definition) is 1. The average molecular weight is 290 g/mol. The highest BCUT2D eigenvalue weighted by Crippen LogP contribution is 2.36. The lowest BCUT2D eigenvalue weighted by Gasteiger charge is -2.33. The highest BCUT2D eigenvalue weighted by Gasteiger charge is 2.29. The molecule has 1 aliphatic rings. The first kappa shape index (κ1) is 15.7. The van der Waals surface area contributed by atoms with E-state index in [4.69, 9.17) is 10.5 Å². The Morgan fingerprint density at radius 2 is 1.90 bits per heavy atom. The van der Waals surface area contributed by atoms with E-state index in [1.165, 1.54) is 0 Å². The molecular formula is C17H26N2O2. The Bertz CT molecular complexity index is 514. The maximum absolute atomic E-state index is 12.2. The summed E-state index contributed by atoms with van der Waals surface area (Å²) in [6.07, 6.45) is 4.15. The number of hydrogen-bond acceptors (Lipinski definition) is 4. The van der Waals surface area contributed by atoms with Gasteiger partial charge in [-0.15, -0.1) is 0 Å². The lowest BCUT2D eigenvalue weighted by atomic mass is 9.76. The van der Waals surface area contributed by atoms with Crippen LogP contribution in [-0.2, 0) is 4.74 Å². The summed E-state index contributed by atoms with van der Waals surface area (Å²) in [7, 11) is 3.85. The number of carbonyl (C=O) groups is 1. The van der Waals surface area contributed by atoms with Gasteiger partial charge in [0.25, 0.3) is 0 Å². The van der Waals surface area contributed by atoms with E-state index in [2.05, 4.69) is 13.8 Å². The van der Waals surface area contributed by atoms with E-state index in [0.717, 1.165) is 31.4 Å². The second kappa shape index (κ2) is 5.96. The Kier molecular flexibility index (Phi) is 4.45. The van der Waals surface area contributed by atoms with Gasteiger partial charge in [0.1, 0.15) is 6.10 Å². The number of nitrogen functional groups attached to an aromatic ring is 1. The molecule has 0 bridgehead atoms. The van der Waals surface area contributed by atoms with Gasteiger partial charge in [-0.2, -0.15) is 0 Å². The van der Waals surface area contributed by atoms with Crippen molar-refractivity contribution in [2.45, 2.75) is 45.6 Å². The highest BCUT2D eigenvalue weighted by molar-refractivity contribution is 5.92. The molecule has 1 aliphatic carbocycles. The van der Waals surface area contributed by atoms with Crippen molar-refractivity contribution in [2.24, 2.45) is 5.41 Å². The van der Waals surface area contributed by atoms with Gasteiger partial charge < -0.3 is 15.4 Å². The number of ether oxygens (including phenoxy) is 1. The van der Waals surface area contributed by atoms with Crippen LogP contribution in [0.25, 0.3) is 0 Å². The van der Waals surface area contributed by atoms with Crippen molar-refractivity contribution < 1.29 is 9.53 Å². The smallest absolute Gasteiger partial charge is 0.338 e. The fraction of sp³-hybridized carbons (Fsp3) is 0.588. The second-order valence-corrected chi connectivity index (χ2v) is 6.94. The Balaban J connectivity index is 1.99. The van der Waals surface area contributed by atoms with Crippen molar-refractivity contribution in [2.75, 3.05) is 24.7 Å². The molecule has 4 heteroatoms. The van der Waals surface area contributed by atoms with E-state index in [1.54, 1.807) is 12.1 Å². The molecule has 21 heavy (non-hydrogen) atoms. The molecule has 0 amide bonds. The molecule has 0 saturated heterocycles. The zero-order chi connectivity index (χ0) is 15.6. The number of nitrogens with two attached hydrogens (primary N) is 1. The fourth-order valence-corrected chi connectivity index (χ4v) is 2.80. The van der Waals surface area contributed by atoms with E-state index >= 15 is 0 Å². The Morgan fingerprint density at radius 1 is 1.29 bits per heavy atom. The summed E-state index contributed by atoms with van der Waals surface area (Å²) in [6, 6.07) is 5.33. The molecule has 0 aromatic heterocycles. The number of carbonyl (C=O) groups excluding carboxylic acids is 1. The van der Waals surface area contributed by atoms with Crippen molar-refractivity contribution in [3.63, 3.8) is 0 Å². The van der Waals surface area contributed by atoms with Crippen molar-refractivity contribution >= 4 is 17.3 Å². The van der Waals surface area contributed by atoms with Crippen LogP contribution in [0.3, 0.4) is 0 Å². The van der Waals surface area contributed by atoms with Crippen LogP contribution in [0.5, 0.6) is 0 Å². The summed E-state index contributed by atoms with van der Waals surface area (Å²) in [5, 5.41) is 0. The van der Waals surface area contributed by atoms with Crippen molar-refractivity contribution in [1.29, 1.82) is 0 Å². The van der Waals surface area contributed by atoms with E-state index < -0.39 is 0 Å². The molecular weight excluding hydrogens is 264 g/mol. The number of esters is 1. The molecule has 2 rings (SSSR count). The molecule has 1 fully saturated rings. The van der Waals surface area contributed by atoms with Crippen LogP contribution in [0.2, 0.25) is 0 Å². The third-order valence-electron chi connectivity index (χ3n) is 4.30. The summed E-state index contributed by atoms with van der Waals surface area (Å²) >= 11 is 0. The maximum Gasteiger partial charge on any atom is 0.338 e. The summed E-state index contributed by atoms with van der Waals surface area (Å²) in [4.78, 5) is 14.1. The molecule has 0 atom stereocenters. The van der Waals surface area contributed by atoms with Crippen LogP contribution in [0.1, 0.15) is 49.9 Å². The van der Waals surface area contributed by atoms with Gasteiger partial charge in [-0.25, -0.2) is 4.79 Å². The first-order valence-electron chi connectivity index (χ1n) is 7.56. The molecule has 2 N–H and O–H groups in total. The predicted molar refractivity (Wildman–Crippen MR) is 86.6 cm³/mol. The summed E-state index contributed by atoms with van der Waals surface area (Å²) in [5.74, 6) is -0.267. The van der Waals surface area contributed by atoms with Crippen LogP contribution >= 0.6 is 0 Å². The van der Waals surface area contributed by atoms with Crippen molar-refractivity contribution in [1.82, 2.24) is 0 Å². The minimum atomic E-state index is -0.267. The normalized spacial score (nSPS) is 18.3. The summed E-state index contributed by atoms with van der Waals surface area (Å²) in [5.41, 5.74) is 8.39. The Labute approximate surface area is 127 Å². The minimum Gasteiger partial charge on any atom is -0.459 e. The number of rotatable bonds is 3. The van der Waals surface area contributed by atoms with E-state index in [9.17, 15) is 4.79 Å². The van der Waals surface area contributed by atoms with Gasteiger partial charge in [-0.1, -0.05) is 13.8 Å². The lowest BCUT2D eigenvalue weighted by Crippen LogP contribution is -2.28. The van der Waals surface area contributed by atoms with E-state index in [-0.39, 0.29) is 12.1 Å². The van der Waals surface area contributed by atoms with Crippen LogP contribution in [0, 0.1) is 5.41 Å². The minimum absolute atomic E-state index is 0.0419. The van der Waals surface area contributed by atoms with Crippen LogP contribution < -0.4 is 10.6 Å². The summed E-state index contributed by atoms with van der Waals surface area (Å²) in [6.45, 7) is 4.54. The van der Waals surface area contributed by atoms with Crippen LogP contribution in [0.4, 0.5) is 11.4 Å². The molecule has 1 aromatic rings. The molecule has 0 heterocycles. The van der Waals surface area contributed by atoms with Gasteiger partial charge in [-0.05, 0) is 49.3 Å². The fourth-order valence-electron chi connectivity index (χ4n) is 2.80. The molecule has 0 aliphatic heterocycles. The standard InChI is InChI=1S/C17H26N2O2/c1-17(2)9-7-13(8-10-17)21-16(20)12-5-6-15(19(3)4)14(18)11-12/h5-6,11,13H,7-10,18H2,1-4H3. The monoisotopic (exact) mass is 290 g/mol. The van der Waals surface area contributed by atoms with Crippen molar-refractivity contribution in [3.05, 3.63) is 23.8 Å². The largest absolute Gasteiger partial charge is 0.459 e. The molecule has 0 spiro atoms. The molecule has 116 valence electrons. The predicted octanol–water partition coefficient (Wildman–Crippen LogP) is 3.46. The van der Waals surface area contributed by atoms with Gasteiger partial charge in [-0.3, -0.25) is 0 Å². The first-order valence-corrected chi connectivity index (χ1v) is 7.56. The zero-order valence-electron chi connectivity index (χ0n) is 13.5. The van der Waals surface area contributed by atoms with Gasteiger partial charge in [0.15, 0.2) is 0 Å². The molecule has 1 saturated carbocycles. The van der Waals surface area contributed by atoms with Crippen LogP contribution in [0.15, 0.2) is 18.2 Å². The van der Waals surface area contributed by atoms with E-state index in [1.807, 2.05) is 25.1 Å². The third-order valence-corrected chi connectivity index (χ3v) is 4.30. The third kappa shape index (κ3) is 3.90. The lowest BCUT2D eigenvalue weighted by molar-refractivity contribution is 0.00952. The maximum atomic E-state index is 12.2. The number of nitrogens with zero attached hydrogens (tertiary/aromatic N) is 1. The average Bonchev–Trinajstić information content (AvgIpc) is 2.40. The topological polar surface area (TPSA) is 55.6 Å². The number of anilines is 2. The Morgan fingerprint density at radius 3 is 2.43 bits per heavy atom. The first-order chi connectivity index (χ1) is 9.78.